The number of hydrogen-bond donors (Lipinski definition) is 1. The zero-order chi connectivity index (χ0) is 13.9. The molecule has 0 aliphatic carbocycles. The van der Waals surface area contributed by atoms with Gasteiger partial charge in [0.05, 0.1) is 0 Å². The van der Waals surface area contributed by atoms with E-state index < -0.39 is 0 Å². The van der Waals surface area contributed by atoms with Crippen LogP contribution in [0.2, 0.25) is 0 Å². The maximum absolute atomic E-state index is 3.72. The summed E-state index contributed by atoms with van der Waals surface area (Å²) in [6.07, 6.45) is 12.5. The first-order valence-electron chi connectivity index (χ1n) is 8.25. The van der Waals surface area contributed by atoms with Gasteiger partial charge in [-0.05, 0) is 24.8 Å². The van der Waals surface area contributed by atoms with Gasteiger partial charge in [0.15, 0.2) is 0 Å². The molecule has 0 bridgehead atoms. The van der Waals surface area contributed by atoms with Crippen molar-refractivity contribution in [1.82, 2.24) is 5.32 Å². The first-order chi connectivity index (χ1) is 8.52. The Balaban J connectivity index is 3.63. The smallest absolute Gasteiger partial charge is 0.0116 e. The molecule has 0 amide bonds. The van der Waals surface area contributed by atoms with Crippen LogP contribution in [-0.4, -0.2) is 12.6 Å². The molecule has 0 rings (SSSR count). The molecule has 0 aromatic carbocycles. The summed E-state index contributed by atoms with van der Waals surface area (Å²) in [6, 6.07) is 0.688. The Hall–Kier alpha value is -0.0400. The highest BCUT2D eigenvalue weighted by Gasteiger charge is 2.22. The third-order valence-corrected chi connectivity index (χ3v) is 3.78. The summed E-state index contributed by atoms with van der Waals surface area (Å²) < 4.78 is 0. The van der Waals surface area contributed by atoms with Crippen molar-refractivity contribution in [1.29, 1.82) is 0 Å². The number of nitrogens with one attached hydrogen (secondary N) is 1. The lowest BCUT2D eigenvalue weighted by atomic mass is 9.83. The Morgan fingerprint density at radius 3 is 1.83 bits per heavy atom. The molecule has 0 aromatic rings. The molecule has 0 aliphatic rings. The van der Waals surface area contributed by atoms with E-state index in [0.29, 0.717) is 11.5 Å². The van der Waals surface area contributed by atoms with Crippen molar-refractivity contribution < 1.29 is 0 Å². The van der Waals surface area contributed by atoms with Crippen molar-refractivity contribution >= 4 is 0 Å². The lowest BCUT2D eigenvalue weighted by molar-refractivity contribution is 0.249. The van der Waals surface area contributed by atoms with Crippen molar-refractivity contribution in [2.24, 2.45) is 5.41 Å². The molecule has 1 N–H and O–H groups in total. The molecule has 110 valence electrons. The molecule has 0 aromatic heterocycles. The lowest BCUT2D eigenvalue weighted by Crippen LogP contribution is -2.40. The van der Waals surface area contributed by atoms with Gasteiger partial charge in [0.25, 0.3) is 0 Å². The largest absolute Gasteiger partial charge is 0.313 e. The SMILES string of the molecule is CCCCCCCCCC(NCCC)C(C)(C)C. The van der Waals surface area contributed by atoms with E-state index >= 15 is 0 Å². The van der Waals surface area contributed by atoms with Gasteiger partial charge in [-0.1, -0.05) is 79.6 Å². The van der Waals surface area contributed by atoms with Crippen molar-refractivity contribution in [2.45, 2.75) is 98.4 Å². The standard InChI is InChI=1S/C17H37N/c1-6-8-9-10-11-12-13-14-16(17(3,4)5)18-15-7-2/h16,18H,6-15H2,1-5H3. The van der Waals surface area contributed by atoms with Gasteiger partial charge in [-0.2, -0.15) is 0 Å². The summed E-state index contributed by atoms with van der Waals surface area (Å²) >= 11 is 0. The average Bonchev–Trinajstić information content (AvgIpc) is 2.30. The quantitative estimate of drug-likeness (QED) is 0.478. The minimum absolute atomic E-state index is 0.400. The molecule has 0 spiro atoms. The van der Waals surface area contributed by atoms with Gasteiger partial charge < -0.3 is 5.32 Å². The molecule has 1 atom stereocenters. The maximum atomic E-state index is 3.72. The molecule has 18 heavy (non-hydrogen) atoms. The fourth-order valence-electron chi connectivity index (χ4n) is 2.47. The van der Waals surface area contributed by atoms with E-state index in [0.717, 1.165) is 0 Å². The molecule has 0 saturated heterocycles. The molecule has 0 heterocycles. The van der Waals surface area contributed by atoms with Crippen LogP contribution < -0.4 is 5.32 Å². The fourth-order valence-corrected chi connectivity index (χ4v) is 2.47. The highest BCUT2D eigenvalue weighted by molar-refractivity contribution is 4.80. The van der Waals surface area contributed by atoms with Gasteiger partial charge in [0, 0.05) is 6.04 Å². The Kier molecular flexibility index (Phi) is 10.8. The zero-order valence-electron chi connectivity index (χ0n) is 13.6. The summed E-state index contributed by atoms with van der Waals surface area (Å²) in [5.41, 5.74) is 0.400. The van der Waals surface area contributed by atoms with E-state index in [-0.39, 0.29) is 0 Å². The number of rotatable bonds is 11. The molecule has 0 radical (unpaired) electrons. The van der Waals surface area contributed by atoms with Crippen molar-refractivity contribution in [3.05, 3.63) is 0 Å². The normalized spacial score (nSPS) is 13.8. The van der Waals surface area contributed by atoms with Gasteiger partial charge in [0.2, 0.25) is 0 Å². The van der Waals surface area contributed by atoms with Crippen LogP contribution in [0.5, 0.6) is 0 Å². The van der Waals surface area contributed by atoms with Crippen LogP contribution in [0, 0.1) is 5.41 Å². The second-order valence-corrected chi connectivity index (χ2v) is 6.78. The van der Waals surface area contributed by atoms with Gasteiger partial charge in [0.1, 0.15) is 0 Å². The van der Waals surface area contributed by atoms with Crippen LogP contribution in [-0.2, 0) is 0 Å². The minimum atomic E-state index is 0.400. The Labute approximate surface area is 116 Å². The van der Waals surface area contributed by atoms with Crippen LogP contribution in [0.3, 0.4) is 0 Å². The second kappa shape index (κ2) is 10.8. The van der Waals surface area contributed by atoms with Crippen molar-refractivity contribution in [3.8, 4) is 0 Å². The Bertz CT molecular complexity index is 169. The first-order valence-corrected chi connectivity index (χ1v) is 8.25. The fraction of sp³-hybridized carbons (Fsp3) is 1.00. The van der Waals surface area contributed by atoms with E-state index in [9.17, 15) is 0 Å². The van der Waals surface area contributed by atoms with Crippen LogP contribution in [0.25, 0.3) is 0 Å². The zero-order valence-corrected chi connectivity index (χ0v) is 13.6. The molecular formula is C17H37N. The summed E-state index contributed by atoms with van der Waals surface area (Å²) in [5.74, 6) is 0. The lowest BCUT2D eigenvalue weighted by Gasteiger charge is -2.32. The minimum Gasteiger partial charge on any atom is -0.313 e. The van der Waals surface area contributed by atoms with Crippen LogP contribution in [0.1, 0.15) is 92.4 Å². The molecule has 0 saturated carbocycles. The van der Waals surface area contributed by atoms with Gasteiger partial charge >= 0.3 is 0 Å². The number of hydrogen-bond acceptors (Lipinski definition) is 1. The maximum Gasteiger partial charge on any atom is 0.0116 e. The Morgan fingerprint density at radius 1 is 0.778 bits per heavy atom. The van der Waals surface area contributed by atoms with E-state index in [1.807, 2.05) is 0 Å². The van der Waals surface area contributed by atoms with Gasteiger partial charge in [-0.3, -0.25) is 0 Å². The van der Waals surface area contributed by atoms with Gasteiger partial charge in [-0.15, -0.1) is 0 Å². The van der Waals surface area contributed by atoms with Crippen molar-refractivity contribution in [3.63, 3.8) is 0 Å². The first kappa shape index (κ1) is 18.0. The number of unbranched alkanes of at least 4 members (excludes halogenated alkanes) is 6. The third-order valence-electron chi connectivity index (χ3n) is 3.78. The highest BCUT2D eigenvalue weighted by atomic mass is 14.9. The summed E-state index contributed by atoms with van der Waals surface area (Å²) in [5, 5.41) is 3.72. The Morgan fingerprint density at radius 2 is 1.33 bits per heavy atom. The van der Waals surface area contributed by atoms with E-state index in [4.69, 9.17) is 0 Å². The topological polar surface area (TPSA) is 12.0 Å². The van der Waals surface area contributed by atoms with Gasteiger partial charge in [-0.25, -0.2) is 0 Å². The highest BCUT2D eigenvalue weighted by Crippen LogP contribution is 2.24. The van der Waals surface area contributed by atoms with Crippen LogP contribution >= 0.6 is 0 Å². The predicted molar refractivity (Wildman–Crippen MR) is 84.1 cm³/mol. The molecule has 1 unspecified atom stereocenters. The third kappa shape index (κ3) is 9.94. The van der Waals surface area contributed by atoms with E-state index in [1.54, 1.807) is 0 Å². The summed E-state index contributed by atoms with van der Waals surface area (Å²) in [4.78, 5) is 0. The van der Waals surface area contributed by atoms with Crippen LogP contribution in [0.4, 0.5) is 0 Å². The van der Waals surface area contributed by atoms with Crippen LogP contribution in [0.15, 0.2) is 0 Å². The second-order valence-electron chi connectivity index (χ2n) is 6.78. The monoisotopic (exact) mass is 255 g/mol. The summed E-state index contributed by atoms with van der Waals surface area (Å²) in [6.45, 7) is 12.8. The molecule has 0 aliphatic heterocycles. The van der Waals surface area contributed by atoms with E-state index in [1.165, 1.54) is 64.3 Å². The molecule has 0 fully saturated rings. The predicted octanol–water partition coefficient (Wildman–Crippen LogP) is 5.54. The molecular weight excluding hydrogens is 218 g/mol. The van der Waals surface area contributed by atoms with E-state index in [2.05, 4.69) is 39.9 Å². The molecule has 1 nitrogen and oxygen atoms in total. The molecule has 1 heteroatoms. The van der Waals surface area contributed by atoms with Crippen molar-refractivity contribution in [2.75, 3.05) is 6.54 Å². The summed E-state index contributed by atoms with van der Waals surface area (Å²) in [7, 11) is 0. The average molecular weight is 255 g/mol.